The lowest BCUT2D eigenvalue weighted by Crippen LogP contribution is -2.36. The smallest absolute Gasteiger partial charge is 0.300 e. The van der Waals surface area contributed by atoms with Gasteiger partial charge < -0.3 is 35.4 Å². The number of benzene rings is 2. The minimum Gasteiger partial charge on any atom is -0.508 e. The predicted molar refractivity (Wildman–Crippen MR) is 70.1 cm³/mol. The molecular weight excluding hydrogens is 296 g/mol. The molecule has 1 aliphatic rings. The molecule has 0 amide bonds. The first-order valence-corrected chi connectivity index (χ1v) is 6.01. The van der Waals surface area contributed by atoms with Crippen LogP contribution >= 0.6 is 0 Å². The Labute approximate surface area is 122 Å². The molecule has 2 aromatic carbocycles. The fourth-order valence-corrected chi connectivity index (χ4v) is 2.26. The Morgan fingerprint density at radius 1 is 0.864 bits per heavy atom. The van der Waals surface area contributed by atoms with Gasteiger partial charge in [0.25, 0.3) is 0 Å². The zero-order valence-electron chi connectivity index (χ0n) is 10.8. The molecule has 8 nitrogen and oxygen atoms in total. The quantitative estimate of drug-likeness (QED) is 0.420. The van der Waals surface area contributed by atoms with Gasteiger partial charge in [0.15, 0.2) is 17.2 Å². The number of aliphatic hydroxyl groups is 1. The first-order chi connectivity index (χ1) is 10.2. The molecule has 0 radical (unpaired) electrons. The van der Waals surface area contributed by atoms with E-state index in [9.17, 15) is 35.4 Å². The number of hydrogen-bond acceptors (Lipinski definition) is 8. The third-order valence-electron chi connectivity index (χ3n) is 3.32. The largest absolute Gasteiger partial charge is 0.508 e. The number of phenols is 5. The van der Waals surface area contributed by atoms with Gasteiger partial charge in [0, 0.05) is 17.7 Å². The number of aromatic hydroxyl groups is 5. The summed E-state index contributed by atoms with van der Waals surface area (Å²) in [7, 11) is 0. The maximum atomic E-state index is 12.3. The van der Waals surface area contributed by atoms with Gasteiger partial charge in [-0.15, -0.1) is 0 Å². The Morgan fingerprint density at radius 2 is 1.45 bits per heavy atom. The molecule has 3 rings (SSSR count). The number of rotatable bonds is 1. The van der Waals surface area contributed by atoms with Gasteiger partial charge in [0.05, 0.1) is 0 Å². The third-order valence-corrected chi connectivity index (χ3v) is 3.32. The molecule has 1 aliphatic heterocycles. The molecule has 0 spiro atoms. The van der Waals surface area contributed by atoms with Crippen molar-refractivity contribution in [3.8, 4) is 34.5 Å². The van der Waals surface area contributed by atoms with Crippen LogP contribution in [0.15, 0.2) is 24.3 Å². The van der Waals surface area contributed by atoms with Crippen molar-refractivity contribution in [1.82, 2.24) is 0 Å². The van der Waals surface area contributed by atoms with E-state index >= 15 is 0 Å². The topological polar surface area (TPSA) is 148 Å². The van der Waals surface area contributed by atoms with E-state index in [1.807, 2.05) is 0 Å². The highest BCUT2D eigenvalue weighted by Crippen LogP contribution is 2.47. The van der Waals surface area contributed by atoms with Crippen molar-refractivity contribution in [2.45, 2.75) is 5.79 Å². The Hall–Kier alpha value is -3.13. The number of Topliss-reactive ketones (excluding diaryl/α,β-unsaturated/α-hetero) is 1. The molecule has 0 saturated heterocycles. The summed E-state index contributed by atoms with van der Waals surface area (Å²) in [5.74, 6) is -7.30. The zero-order valence-corrected chi connectivity index (χ0v) is 10.8. The molecule has 6 N–H and O–H groups in total. The summed E-state index contributed by atoms with van der Waals surface area (Å²) in [5.41, 5.74) is -0.715. The number of fused-ring (bicyclic) bond motifs is 1. The van der Waals surface area contributed by atoms with Crippen LogP contribution in [-0.2, 0) is 5.79 Å². The van der Waals surface area contributed by atoms with Crippen molar-refractivity contribution in [2.75, 3.05) is 0 Å². The van der Waals surface area contributed by atoms with Crippen LogP contribution in [0.1, 0.15) is 15.9 Å². The zero-order chi connectivity index (χ0) is 16.2. The molecule has 0 fully saturated rings. The second-order valence-electron chi connectivity index (χ2n) is 4.78. The average Bonchev–Trinajstić information content (AvgIpc) is 2.68. The number of hydrogen-bond donors (Lipinski definition) is 6. The number of ether oxygens (including phenoxy) is 1. The molecule has 2 aromatic rings. The minimum absolute atomic E-state index is 0.267. The molecule has 22 heavy (non-hydrogen) atoms. The number of carbonyl (C=O) groups is 1. The van der Waals surface area contributed by atoms with E-state index < -0.39 is 34.6 Å². The van der Waals surface area contributed by atoms with E-state index in [4.69, 9.17) is 4.74 Å². The minimum atomic E-state index is -2.63. The summed E-state index contributed by atoms with van der Waals surface area (Å²) < 4.78 is 5.09. The van der Waals surface area contributed by atoms with Crippen molar-refractivity contribution < 1.29 is 40.2 Å². The van der Waals surface area contributed by atoms with Crippen molar-refractivity contribution >= 4 is 5.78 Å². The number of ketones is 1. The van der Waals surface area contributed by atoms with E-state index in [0.717, 1.165) is 24.3 Å². The maximum absolute atomic E-state index is 12.3. The van der Waals surface area contributed by atoms with Gasteiger partial charge in [-0.3, -0.25) is 4.79 Å². The summed E-state index contributed by atoms with van der Waals surface area (Å²) in [6, 6.07) is 3.58. The molecule has 0 bridgehead atoms. The second kappa shape index (κ2) is 4.18. The van der Waals surface area contributed by atoms with Gasteiger partial charge in [0.1, 0.15) is 22.8 Å². The van der Waals surface area contributed by atoms with Gasteiger partial charge in [-0.2, -0.15) is 0 Å². The van der Waals surface area contributed by atoms with Crippen molar-refractivity contribution in [1.29, 1.82) is 0 Å². The van der Waals surface area contributed by atoms with Crippen LogP contribution in [0.2, 0.25) is 0 Å². The molecule has 1 heterocycles. The highest BCUT2D eigenvalue weighted by molar-refractivity contribution is 6.09. The summed E-state index contributed by atoms with van der Waals surface area (Å²) in [6.07, 6.45) is 0. The SMILES string of the molecule is O=C1c2c(O)cc(O)cc2OC1(O)c1cc(O)c(O)c(O)c1. The molecule has 1 unspecified atom stereocenters. The van der Waals surface area contributed by atoms with Crippen LogP contribution < -0.4 is 4.74 Å². The van der Waals surface area contributed by atoms with Gasteiger partial charge in [-0.1, -0.05) is 0 Å². The first-order valence-electron chi connectivity index (χ1n) is 6.01. The van der Waals surface area contributed by atoms with E-state index in [1.165, 1.54) is 0 Å². The van der Waals surface area contributed by atoms with Crippen molar-refractivity contribution in [3.05, 3.63) is 35.4 Å². The lowest BCUT2D eigenvalue weighted by Gasteiger charge is -2.21. The van der Waals surface area contributed by atoms with Crippen LogP contribution in [0, 0.1) is 0 Å². The first kappa shape index (κ1) is 13.8. The van der Waals surface area contributed by atoms with Gasteiger partial charge in [0.2, 0.25) is 5.78 Å². The Bertz CT molecular complexity index is 790. The summed E-state index contributed by atoms with van der Waals surface area (Å²) >= 11 is 0. The summed E-state index contributed by atoms with van der Waals surface area (Å²) in [6.45, 7) is 0. The fraction of sp³-hybridized carbons (Fsp3) is 0.0714. The van der Waals surface area contributed by atoms with Gasteiger partial charge in [-0.25, -0.2) is 0 Å². The van der Waals surface area contributed by atoms with E-state index in [1.54, 1.807) is 0 Å². The molecule has 1 atom stereocenters. The summed E-state index contributed by atoms with van der Waals surface area (Å²) in [4.78, 5) is 12.3. The molecule has 0 aliphatic carbocycles. The van der Waals surface area contributed by atoms with Crippen molar-refractivity contribution in [2.24, 2.45) is 0 Å². The molecule has 0 saturated carbocycles. The predicted octanol–water partition coefficient (Wildman–Crippen LogP) is 0.635. The van der Waals surface area contributed by atoms with E-state index in [2.05, 4.69) is 0 Å². The highest BCUT2D eigenvalue weighted by atomic mass is 16.6. The van der Waals surface area contributed by atoms with Crippen LogP contribution in [0.25, 0.3) is 0 Å². The lowest BCUT2D eigenvalue weighted by atomic mass is 9.97. The number of carbonyl (C=O) groups excluding carboxylic acids is 1. The normalized spacial score (nSPS) is 19.8. The standard InChI is InChI=1S/C14H10O8/c15-6-3-7(16)11-10(4-6)22-14(21,13(11)20)5-1-8(17)12(19)9(18)2-5/h1-4,15-19,21H. The fourth-order valence-electron chi connectivity index (χ4n) is 2.26. The second-order valence-corrected chi connectivity index (χ2v) is 4.78. The third kappa shape index (κ3) is 1.71. The van der Waals surface area contributed by atoms with Crippen molar-refractivity contribution in [3.63, 3.8) is 0 Å². The van der Waals surface area contributed by atoms with Gasteiger partial charge in [-0.05, 0) is 12.1 Å². The maximum Gasteiger partial charge on any atom is 0.300 e. The van der Waals surface area contributed by atoms with Gasteiger partial charge >= 0.3 is 5.79 Å². The van der Waals surface area contributed by atoms with Crippen LogP contribution in [0.5, 0.6) is 34.5 Å². The average molecular weight is 306 g/mol. The Balaban J connectivity index is 2.17. The summed E-state index contributed by atoms with van der Waals surface area (Å²) in [5, 5.41) is 57.8. The molecule has 8 heteroatoms. The number of phenolic OH excluding ortho intramolecular Hbond substituents is 5. The van der Waals surface area contributed by atoms with E-state index in [-0.39, 0.29) is 22.6 Å². The molecular formula is C14H10O8. The highest BCUT2D eigenvalue weighted by Gasteiger charge is 2.50. The Morgan fingerprint density at radius 3 is 2.05 bits per heavy atom. The van der Waals surface area contributed by atoms with Crippen LogP contribution in [-0.4, -0.2) is 36.4 Å². The van der Waals surface area contributed by atoms with E-state index in [0.29, 0.717) is 0 Å². The molecule has 114 valence electrons. The Kier molecular flexibility index (Phi) is 2.63. The van der Waals surface area contributed by atoms with Crippen LogP contribution in [0.4, 0.5) is 0 Å². The monoisotopic (exact) mass is 306 g/mol. The van der Waals surface area contributed by atoms with Crippen LogP contribution in [0.3, 0.4) is 0 Å². The lowest BCUT2D eigenvalue weighted by molar-refractivity contribution is -0.0962. The molecule has 0 aromatic heterocycles.